The number of aryl methyl sites for hydroxylation is 1. The number of anilines is 2. The first-order valence-corrected chi connectivity index (χ1v) is 11.6. The molecule has 1 aliphatic carbocycles. The van der Waals surface area contributed by atoms with Crippen LogP contribution in [0.3, 0.4) is 0 Å². The molecule has 0 aromatic heterocycles. The molecule has 1 aliphatic heterocycles. The predicted molar refractivity (Wildman–Crippen MR) is 126 cm³/mol. The summed E-state index contributed by atoms with van der Waals surface area (Å²) in [4.78, 5) is 51.4. The van der Waals surface area contributed by atoms with E-state index >= 15 is 0 Å². The van der Waals surface area contributed by atoms with Gasteiger partial charge in [0.25, 0.3) is 0 Å². The van der Waals surface area contributed by atoms with Crippen LogP contribution in [0.2, 0.25) is 0 Å². The van der Waals surface area contributed by atoms with Crippen LogP contribution in [0.15, 0.2) is 65.6 Å². The fraction of sp³-hybridized carbons (Fsp3) is 0.280. The van der Waals surface area contributed by atoms with Crippen LogP contribution < -0.4 is 10.2 Å². The summed E-state index contributed by atoms with van der Waals surface area (Å²) in [6, 6.07) is 14.3. The third-order valence-electron chi connectivity index (χ3n) is 5.88. The number of allylic oxidation sites excluding steroid dienone is 2. The normalized spacial score (nSPS) is 22.5. The van der Waals surface area contributed by atoms with Gasteiger partial charge < -0.3 is 10.4 Å². The number of hydrogen-bond donors (Lipinski definition) is 2. The number of imide groups is 1. The Kier molecular flexibility index (Phi) is 6.65. The number of rotatable bonds is 6. The van der Waals surface area contributed by atoms with Crippen molar-refractivity contribution in [2.75, 3.05) is 10.2 Å². The fourth-order valence-electron chi connectivity index (χ4n) is 4.05. The Hall–Kier alpha value is -3.39. The highest BCUT2D eigenvalue weighted by atomic mass is 32.2. The molecule has 1 saturated heterocycles. The maximum Gasteiger partial charge on any atom is 0.307 e. The van der Waals surface area contributed by atoms with Crippen molar-refractivity contribution in [3.63, 3.8) is 0 Å². The molecular formula is C25H24N2O5S. The molecule has 0 saturated carbocycles. The predicted octanol–water partition coefficient (Wildman–Crippen LogP) is 4.02. The molecule has 33 heavy (non-hydrogen) atoms. The largest absolute Gasteiger partial charge is 0.481 e. The van der Waals surface area contributed by atoms with Gasteiger partial charge in [-0.1, -0.05) is 29.8 Å². The molecule has 2 aromatic rings. The number of carbonyl (C=O) groups excluding carboxylic acids is 3. The second-order valence-corrected chi connectivity index (χ2v) is 9.50. The molecule has 0 bridgehead atoms. The number of nitrogens with zero attached hydrogens (tertiary/aromatic N) is 1. The average molecular weight is 465 g/mol. The highest BCUT2D eigenvalue weighted by molar-refractivity contribution is 8.00. The number of hydrogen-bond acceptors (Lipinski definition) is 5. The number of carbonyl (C=O) groups is 4. The second kappa shape index (κ2) is 9.62. The van der Waals surface area contributed by atoms with Crippen LogP contribution in [0.4, 0.5) is 11.4 Å². The minimum absolute atomic E-state index is 0.127. The van der Waals surface area contributed by atoms with Crippen molar-refractivity contribution < 1.29 is 24.3 Å². The van der Waals surface area contributed by atoms with E-state index in [0.717, 1.165) is 10.5 Å². The number of aliphatic carboxylic acids is 1. The van der Waals surface area contributed by atoms with Gasteiger partial charge in [0, 0.05) is 17.0 Å². The third-order valence-corrected chi connectivity index (χ3v) is 7.08. The number of carboxylic acids is 1. The summed E-state index contributed by atoms with van der Waals surface area (Å²) < 4.78 is 0. The van der Waals surface area contributed by atoms with Crippen molar-refractivity contribution in [2.45, 2.75) is 36.3 Å². The van der Waals surface area contributed by atoms with E-state index in [1.54, 1.807) is 42.5 Å². The molecule has 8 heteroatoms. The Bertz CT molecular complexity index is 1110. The van der Waals surface area contributed by atoms with Crippen molar-refractivity contribution >= 4 is 46.8 Å². The van der Waals surface area contributed by atoms with Gasteiger partial charge in [-0.3, -0.25) is 19.2 Å². The van der Waals surface area contributed by atoms with Crippen LogP contribution in [0.25, 0.3) is 0 Å². The van der Waals surface area contributed by atoms with Crippen molar-refractivity contribution in [3.05, 3.63) is 66.2 Å². The van der Waals surface area contributed by atoms with Gasteiger partial charge in [0.15, 0.2) is 0 Å². The Morgan fingerprint density at radius 2 is 1.61 bits per heavy atom. The zero-order chi connectivity index (χ0) is 23.5. The Morgan fingerprint density at radius 1 is 0.970 bits per heavy atom. The van der Waals surface area contributed by atoms with Gasteiger partial charge in [0.05, 0.1) is 22.8 Å². The molecule has 7 nitrogen and oxygen atoms in total. The van der Waals surface area contributed by atoms with Crippen molar-refractivity contribution in [1.82, 2.24) is 0 Å². The second-order valence-electron chi connectivity index (χ2n) is 8.22. The molecule has 4 rings (SSSR count). The van der Waals surface area contributed by atoms with Gasteiger partial charge in [0.1, 0.15) is 0 Å². The zero-order valence-electron chi connectivity index (χ0n) is 18.1. The molecule has 0 unspecified atom stereocenters. The summed E-state index contributed by atoms with van der Waals surface area (Å²) >= 11 is 1.31. The molecule has 0 radical (unpaired) electrons. The van der Waals surface area contributed by atoms with Gasteiger partial charge in [-0.2, -0.15) is 0 Å². The van der Waals surface area contributed by atoms with E-state index in [0.29, 0.717) is 24.2 Å². The lowest BCUT2D eigenvalue weighted by atomic mass is 9.82. The molecule has 3 amide bonds. The van der Waals surface area contributed by atoms with Crippen LogP contribution in [0, 0.1) is 18.8 Å². The van der Waals surface area contributed by atoms with E-state index in [2.05, 4.69) is 5.32 Å². The van der Waals surface area contributed by atoms with Gasteiger partial charge in [-0.05, 0) is 56.2 Å². The van der Waals surface area contributed by atoms with E-state index in [-0.39, 0.29) is 24.1 Å². The van der Waals surface area contributed by atoms with Crippen LogP contribution in [-0.2, 0) is 19.2 Å². The fourth-order valence-corrected chi connectivity index (χ4v) is 5.11. The molecule has 170 valence electrons. The van der Waals surface area contributed by atoms with Crippen molar-refractivity contribution in [3.8, 4) is 0 Å². The van der Waals surface area contributed by atoms with Crippen molar-refractivity contribution in [1.29, 1.82) is 0 Å². The highest BCUT2D eigenvalue weighted by Crippen LogP contribution is 2.35. The first-order chi connectivity index (χ1) is 15.8. The minimum atomic E-state index is -0.971. The number of carboxylic acid groups (broad SMARTS) is 1. The quantitative estimate of drug-likeness (QED) is 0.494. The smallest absolute Gasteiger partial charge is 0.307 e. The van der Waals surface area contributed by atoms with E-state index in [9.17, 15) is 24.3 Å². The lowest BCUT2D eigenvalue weighted by molar-refractivity contribution is -0.146. The number of nitrogens with one attached hydrogen (secondary N) is 1. The number of thioether (sulfide) groups is 1. The summed E-state index contributed by atoms with van der Waals surface area (Å²) in [5.41, 5.74) is 2.18. The van der Waals surface area contributed by atoms with Crippen LogP contribution in [0.5, 0.6) is 0 Å². The average Bonchev–Trinajstić information content (AvgIpc) is 3.08. The zero-order valence-corrected chi connectivity index (χ0v) is 18.9. The monoisotopic (exact) mass is 464 g/mol. The lowest BCUT2D eigenvalue weighted by Crippen LogP contribution is -2.34. The molecule has 2 aliphatic rings. The summed E-state index contributed by atoms with van der Waals surface area (Å²) in [6.45, 7) is 1.94. The molecule has 1 heterocycles. The SMILES string of the molecule is Cc1ccc(N2C(=O)C[C@H](Sc3ccc(NC(=O)[C@H]4CC=CC[C@@H]4C(=O)O)cc3)C2=O)cc1. The molecular weight excluding hydrogens is 440 g/mol. The van der Waals surface area contributed by atoms with E-state index < -0.39 is 23.1 Å². The Balaban J connectivity index is 1.39. The Labute approximate surface area is 195 Å². The molecule has 1 fully saturated rings. The van der Waals surface area contributed by atoms with Gasteiger partial charge in [0.2, 0.25) is 17.7 Å². The minimum Gasteiger partial charge on any atom is -0.481 e. The van der Waals surface area contributed by atoms with Gasteiger partial charge >= 0.3 is 5.97 Å². The van der Waals surface area contributed by atoms with Gasteiger partial charge in [-0.25, -0.2) is 4.90 Å². The van der Waals surface area contributed by atoms with Crippen LogP contribution >= 0.6 is 11.8 Å². The Morgan fingerprint density at radius 3 is 2.24 bits per heavy atom. The highest BCUT2D eigenvalue weighted by Gasteiger charge is 2.40. The number of benzene rings is 2. The third kappa shape index (κ3) is 5.01. The van der Waals surface area contributed by atoms with Crippen LogP contribution in [-0.4, -0.2) is 34.0 Å². The van der Waals surface area contributed by atoms with E-state index in [1.807, 2.05) is 25.1 Å². The van der Waals surface area contributed by atoms with Gasteiger partial charge in [-0.15, -0.1) is 11.8 Å². The van der Waals surface area contributed by atoms with Crippen molar-refractivity contribution in [2.24, 2.45) is 11.8 Å². The molecule has 3 atom stereocenters. The molecule has 0 spiro atoms. The maximum atomic E-state index is 12.9. The number of amides is 3. The maximum absolute atomic E-state index is 12.9. The topological polar surface area (TPSA) is 104 Å². The summed E-state index contributed by atoms with van der Waals surface area (Å²) in [6.07, 6.45) is 4.50. The first-order valence-electron chi connectivity index (χ1n) is 10.7. The van der Waals surface area contributed by atoms with E-state index in [4.69, 9.17) is 0 Å². The first kappa shape index (κ1) is 22.8. The molecule has 2 N–H and O–H groups in total. The van der Waals surface area contributed by atoms with E-state index in [1.165, 1.54) is 16.7 Å². The lowest BCUT2D eigenvalue weighted by Gasteiger charge is -2.24. The standard InChI is InChI=1S/C25H24N2O5S/c1-15-6-10-17(11-7-15)27-22(28)14-21(24(27)30)33-18-12-8-16(9-13-18)26-23(29)19-4-2-3-5-20(19)25(31)32/h2-3,6-13,19-21H,4-5,14H2,1H3,(H,26,29)(H,31,32)/t19-,20-,21-/m0/s1. The summed E-state index contributed by atoms with van der Waals surface area (Å²) in [5.74, 6) is -3.10. The summed E-state index contributed by atoms with van der Waals surface area (Å²) in [5, 5.41) is 11.6. The molecule has 2 aromatic carbocycles. The van der Waals surface area contributed by atoms with Crippen LogP contribution in [0.1, 0.15) is 24.8 Å². The summed E-state index contributed by atoms with van der Waals surface area (Å²) in [7, 11) is 0.